The van der Waals surface area contributed by atoms with E-state index in [4.69, 9.17) is 0 Å². The highest BCUT2D eigenvalue weighted by Crippen LogP contribution is 2.34. The van der Waals surface area contributed by atoms with E-state index in [0.717, 1.165) is 17.5 Å². The number of ketones is 1. The molecule has 3 aromatic carbocycles. The van der Waals surface area contributed by atoms with Gasteiger partial charge in [0.2, 0.25) is 0 Å². The van der Waals surface area contributed by atoms with E-state index >= 15 is 0 Å². The lowest BCUT2D eigenvalue weighted by molar-refractivity contribution is 0.101. The standard InChI is InChI=1S/C24H22O/c1-3-23(20-10-6-4-7-11-20)24(21-12-8-5-9-13-21)22-16-14-19(15-17-22)18(2)25/h4-17H,3H2,1-2H3. The SMILES string of the molecule is CCC(=C(c1ccccc1)c1ccc(C(C)=O)cc1)c1ccccc1. The van der Waals surface area contributed by atoms with E-state index in [2.05, 4.69) is 67.6 Å². The minimum atomic E-state index is 0.0931. The van der Waals surface area contributed by atoms with Crippen molar-refractivity contribution >= 4 is 16.9 Å². The molecule has 0 aliphatic carbocycles. The van der Waals surface area contributed by atoms with Crippen molar-refractivity contribution in [3.8, 4) is 0 Å². The van der Waals surface area contributed by atoms with E-state index < -0.39 is 0 Å². The summed E-state index contributed by atoms with van der Waals surface area (Å²) in [5.41, 5.74) is 6.84. The zero-order valence-corrected chi connectivity index (χ0v) is 14.7. The molecule has 25 heavy (non-hydrogen) atoms. The maximum atomic E-state index is 11.6. The molecule has 1 nitrogen and oxygen atoms in total. The van der Waals surface area contributed by atoms with Crippen molar-refractivity contribution in [1.82, 2.24) is 0 Å². The Balaban J connectivity index is 2.23. The summed E-state index contributed by atoms with van der Waals surface area (Å²) in [4.78, 5) is 11.6. The van der Waals surface area contributed by atoms with Gasteiger partial charge in [0.05, 0.1) is 0 Å². The third-order valence-electron chi connectivity index (χ3n) is 4.42. The second-order valence-corrected chi connectivity index (χ2v) is 6.07. The smallest absolute Gasteiger partial charge is 0.159 e. The molecular weight excluding hydrogens is 304 g/mol. The first kappa shape index (κ1) is 16.9. The number of hydrogen-bond donors (Lipinski definition) is 0. The Kier molecular flexibility index (Phi) is 5.25. The first-order chi connectivity index (χ1) is 12.2. The minimum absolute atomic E-state index is 0.0931. The zero-order valence-electron chi connectivity index (χ0n) is 14.7. The van der Waals surface area contributed by atoms with Gasteiger partial charge in [-0.05, 0) is 41.2 Å². The highest BCUT2D eigenvalue weighted by Gasteiger charge is 2.13. The lowest BCUT2D eigenvalue weighted by Crippen LogP contribution is -1.97. The third-order valence-corrected chi connectivity index (χ3v) is 4.42. The van der Waals surface area contributed by atoms with Crippen LogP contribution in [0.2, 0.25) is 0 Å². The van der Waals surface area contributed by atoms with Crippen molar-refractivity contribution in [1.29, 1.82) is 0 Å². The van der Waals surface area contributed by atoms with Gasteiger partial charge in [-0.15, -0.1) is 0 Å². The molecule has 3 aromatic rings. The van der Waals surface area contributed by atoms with E-state index in [9.17, 15) is 4.79 Å². The fourth-order valence-corrected chi connectivity index (χ4v) is 3.16. The zero-order chi connectivity index (χ0) is 17.6. The summed E-state index contributed by atoms with van der Waals surface area (Å²) in [6.45, 7) is 3.79. The van der Waals surface area contributed by atoms with Crippen LogP contribution in [0.15, 0.2) is 84.9 Å². The van der Waals surface area contributed by atoms with Crippen molar-refractivity contribution in [3.05, 3.63) is 107 Å². The number of hydrogen-bond acceptors (Lipinski definition) is 1. The van der Waals surface area contributed by atoms with Crippen LogP contribution in [-0.4, -0.2) is 5.78 Å². The number of benzene rings is 3. The molecule has 0 heterocycles. The number of carbonyl (C=O) groups excluding carboxylic acids is 1. The average molecular weight is 326 g/mol. The molecule has 0 amide bonds. The van der Waals surface area contributed by atoms with Crippen molar-refractivity contribution in [2.45, 2.75) is 20.3 Å². The number of allylic oxidation sites excluding steroid dienone is 1. The van der Waals surface area contributed by atoms with Gasteiger partial charge >= 0.3 is 0 Å². The molecule has 0 saturated heterocycles. The van der Waals surface area contributed by atoms with Crippen LogP contribution in [0, 0.1) is 0 Å². The Morgan fingerprint density at radius 1 is 0.640 bits per heavy atom. The van der Waals surface area contributed by atoms with Gasteiger partial charge < -0.3 is 0 Å². The van der Waals surface area contributed by atoms with Crippen molar-refractivity contribution in [3.63, 3.8) is 0 Å². The Morgan fingerprint density at radius 2 is 1.08 bits per heavy atom. The summed E-state index contributed by atoms with van der Waals surface area (Å²) in [6, 6.07) is 28.9. The molecule has 0 atom stereocenters. The summed E-state index contributed by atoms with van der Waals surface area (Å²) in [5, 5.41) is 0. The Labute approximate surface area is 149 Å². The van der Waals surface area contributed by atoms with E-state index in [-0.39, 0.29) is 5.78 Å². The molecular formula is C24H22O. The Morgan fingerprint density at radius 3 is 1.56 bits per heavy atom. The molecule has 0 fully saturated rings. The number of Topliss-reactive ketones (excluding diaryl/α,β-unsaturated/α-hetero) is 1. The van der Waals surface area contributed by atoms with E-state index in [1.807, 2.05) is 24.3 Å². The van der Waals surface area contributed by atoms with Crippen molar-refractivity contribution in [2.75, 3.05) is 0 Å². The second-order valence-electron chi connectivity index (χ2n) is 6.07. The molecule has 0 radical (unpaired) electrons. The normalized spacial score (nSPS) is 11.8. The number of rotatable bonds is 5. The first-order valence-corrected chi connectivity index (χ1v) is 8.66. The summed E-state index contributed by atoms with van der Waals surface area (Å²) >= 11 is 0. The average Bonchev–Trinajstić information content (AvgIpc) is 2.67. The highest BCUT2D eigenvalue weighted by atomic mass is 16.1. The molecule has 0 bridgehead atoms. The number of carbonyl (C=O) groups is 1. The molecule has 0 unspecified atom stereocenters. The van der Waals surface area contributed by atoms with E-state index in [1.165, 1.54) is 22.3 Å². The Hall–Kier alpha value is -2.93. The minimum Gasteiger partial charge on any atom is -0.295 e. The lowest BCUT2D eigenvalue weighted by atomic mass is 9.88. The quantitative estimate of drug-likeness (QED) is 0.399. The van der Waals surface area contributed by atoms with Crippen LogP contribution in [0.1, 0.15) is 47.3 Å². The summed E-state index contributed by atoms with van der Waals surface area (Å²) in [6.07, 6.45) is 0.933. The Bertz CT molecular complexity index is 872. The monoisotopic (exact) mass is 326 g/mol. The van der Waals surface area contributed by atoms with Crippen LogP contribution in [0.4, 0.5) is 0 Å². The van der Waals surface area contributed by atoms with Crippen molar-refractivity contribution in [2.24, 2.45) is 0 Å². The molecule has 0 aliphatic heterocycles. The van der Waals surface area contributed by atoms with Crippen LogP contribution in [0.3, 0.4) is 0 Å². The van der Waals surface area contributed by atoms with Crippen LogP contribution in [-0.2, 0) is 0 Å². The molecule has 0 N–H and O–H groups in total. The molecule has 1 heteroatoms. The predicted molar refractivity (Wildman–Crippen MR) is 106 cm³/mol. The molecule has 0 aromatic heterocycles. The van der Waals surface area contributed by atoms with Gasteiger partial charge in [0.15, 0.2) is 5.78 Å². The fourth-order valence-electron chi connectivity index (χ4n) is 3.16. The maximum absolute atomic E-state index is 11.6. The fraction of sp³-hybridized carbons (Fsp3) is 0.125. The topological polar surface area (TPSA) is 17.1 Å². The van der Waals surface area contributed by atoms with Gasteiger partial charge in [0.25, 0.3) is 0 Å². The van der Waals surface area contributed by atoms with Gasteiger partial charge in [-0.2, -0.15) is 0 Å². The summed E-state index contributed by atoms with van der Waals surface area (Å²) in [7, 11) is 0. The predicted octanol–water partition coefficient (Wildman–Crippen LogP) is 6.26. The van der Waals surface area contributed by atoms with Gasteiger partial charge in [-0.25, -0.2) is 0 Å². The van der Waals surface area contributed by atoms with Gasteiger partial charge in [-0.3, -0.25) is 4.79 Å². The van der Waals surface area contributed by atoms with Crippen LogP contribution in [0.5, 0.6) is 0 Å². The second kappa shape index (κ2) is 7.76. The highest BCUT2D eigenvalue weighted by molar-refractivity contribution is 5.99. The van der Waals surface area contributed by atoms with E-state index in [0.29, 0.717) is 0 Å². The van der Waals surface area contributed by atoms with Crippen LogP contribution < -0.4 is 0 Å². The molecule has 0 spiro atoms. The third kappa shape index (κ3) is 3.77. The van der Waals surface area contributed by atoms with E-state index in [1.54, 1.807) is 6.92 Å². The maximum Gasteiger partial charge on any atom is 0.159 e. The molecule has 0 aliphatic rings. The van der Waals surface area contributed by atoms with Crippen LogP contribution >= 0.6 is 0 Å². The van der Waals surface area contributed by atoms with Gasteiger partial charge in [0, 0.05) is 5.56 Å². The van der Waals surface area contributed by atoms with Crippen molar-refractivity contribution < 1.29 is 4.79 Å². The largest absolute Gasteiger partial charge is 0.295 e. The molecule has 3 rings (SSSR count). The molecule has 0 saturated carbocycles. The lowest BCUT2D eigenvalue weighted by Gasteiger charge is -2.16. The van der Waals surface area contributed by atoms with Crippen LogP contribution in [0.25, 0.3) is 11.1 Å². The summed E-state index contributed by atoms with van der Waals surface area (Å²) < 4.78 is 0. The first-order valence-electron chi connectivity index (χ1n) is 8.66. The summed E-state index contributed by atoms with van der Waals surface area (Å²) in [5.74, 6) is 0.0931. The van der Waals surface area contributed by atoms with Gasteiger partial charge in [0.1, 0.15) is 0 Å². The van der Waals surface area contributed by atoms with Gasteiger partial charge in [-0.1, -0.05) is 91.9 Å². The molecule has 124 valence electrons.